The van der Waals surface area contributed by atoms with E-state index in [2.05, 4.69) is 18.2 Å². The number of benzene rings is 3. The van der Waals surface area contributed by atoms with Gasteiger partial charge in [0.05, 0.1) is 4.90 Å². The van der Waals surface area contributed by atoms with Crippen molar-refractivity contribution in [3.8, 4) is 5.75 Å². The highest BCUT2D eigenvalue weighted by Gasteiger charge is 2.21. The Morgan fingerprint density at radius 3 is 2.37 bits per heavy atom. The van der Waals surface area contributed by atoms with Crippen LogP contribution in [-0.2, 0) is 16.4 Å². The van der Waals surface area contributed by atoms with E-state index in [0.717, 1.165) is 39.1 Å². The van der Waals surface area contributed by atoms with Crippen molar-refractivity contribution in [3.05, 3.63) is 95.1 Å². The molecule has 3 aromatic rings. The molecular formula is C23H20O3S. The number of ether oxygens (including phenoxy) is 1. The van der Waals surface area contributed by atoms with Crippen molar-refractivity contribution in [3.63, 3.8) is 0 Å². The van der Waals surface area contributed by atoms with E-state index in [1.165, 1.54) is 6.26 Å². The van der Waals surface area contributed by atoms with Crippen LogP contribution in [0.15, 0.2) is 77.7 Å². The molecule has 27 heavy (non-hydrogen) atoms. The highest BCUT2D eigenvalue weighted by atomic mass is 32.2. The molecule has 136 valence electrons. The molecule has 0 atom stereocenters. The van der Waals surface area contributed by atoms with Gasteiger partial charge in [0, 0.05) is 11.8 Å². The second-order valence-corrected chi connectivity index (χ2v) is 8.76. The van der Waals surface area contributed by atoms with Crippen LogP contribution in [0.3, 0.4) is 0 Å². The molecule has 4 heteroatoms. The highest BCUT2D eigenvalue weighted by molar-refractivity contribution is 7.90. The minimum absolute atomic E-state index is 0.325. The monoisotopic (exact) mass is 376 g/mol. The van der Waals surface area contributed by atoms with Crippen molar-refractivity contribution in [1.82, 2.24) is 0 Å². The molecule has 0 bridgehead atoms. The summed E-state index contributed by atoms with van der Waals surface area (Å²) in [6.45, 7) is 2.54. The molecule has 1 aliphatic rings. The lowest BCUT2D eigenvalue weighted by atomic mass is 9.88. The Morgan fingerprint density at radius 1 is 0.889 bits per heavy atom. The zero-order valence-electron chi connectivity index (χ0n) is 15.3. The highest BCUT2D eigenvalue weighted by Crippen LogP contribution is 2.41. The van der Waals surface area contributed by atoms with Gasteiger partial charge in [-0.1, -0.05) is 54.6 Å². The number of fused-ring (bicyclic) bond motifs is 2. The van der Waals surface area contributed by atoms with Crippen LogP contribution < -0.4 is 4.74 Å². The normalized spacial score (nSPS) is 15.2. The third-order valence-corrected chi connectivity index (χ3v) is 6.01. The SMILES string of the molecule is C/C(=C1/c2ccccc2COc2ccccc21)c1cccc(S(C)(=O)=O)c1. The third kappa shape index (κ3) is 3.28. The average Bonchev–Trinajstić information content (AvgIpc) is 2.84. The van der Waals surface area contributed by atoms with Crippen LogP contribution in [0.5, 0.6) is 5.75 Å². The van der Waals surface area contributed by atoms with E-state index in [1.54, 1.807) is 18.2 Å². The lowest BCUT2D eigenvalue weighted by Crippen LogP contribution is -1.99. The maximum atomic E-state index is 12.0. The molecule has 0 radical (unpaired) electrons. The predicted octanol–water partition coefficient (Wildman–Crippen LogP) is 4.96. The summed E-state index contributed by atoms with van der Waals surface area (Å²) >= 11 is 0. The Kier molecular flexibility index (Phi) is 4.36. The van der Waals surface area contributed by atoms with Gasteiger partial charge in [-0.15, -0.1) is 0 Å². The van der Waals surface area contributed by atoms with Crippen LogP contribution in [0, 0.1) is 0 Å². The lowest BCUT2D eigenvalue weighted by molar-refractivity contribution is 0.307. The van der Waals surface area contributed by atoms with E-state index >= 15 is 0 Å². The van der Waals surface area contributed by atoms with E-state index in [-0.39, 0.29) is 0 Å². The molecule has 3 nitrogen and oxygen atoms in total. The smallest absolute Gasteiger partial charge is 0.175 e. The fourth-order valence-corrected chi connectivity index (χ4v) is 4.16. The molecule has 0 saturated carbocycles. The Balaban J connectivity index is 2.02. The van der Waals surface area contributed by atoms with Gasteiger partial charge < -0.3 is 4.74 Å². The van der Waals surface area contributed by atoms with Gasteiger partial charge in [0.25, 0.3) is 0 Å². The molecule has 4 rings (SSSR count). The molecule has 0 fully saturated rings. The quantitative estimate of drug-likeness (QED) is 0.635. The second kappa shape index (κ2) is 6.71. The summed E-state index contributed by atoms with van der Waals surface area (Å²) < 4.78 is 30.0. The van der Waals surface area contributed by atoms with E-state index in [9.17, 15) is 8.42 Å². The number of allylic oxidation sites excluding steroid dienone is 1. The fourth-order valence-electron chi connectivity index (χ4n) is 3.50. The van der Waals surface area contributed by atoms with Gasteiger partial charge in [-0.3, -0.25) is 0 Å². The van der Waals surface area contributed by atoms with E-state index in [0.29, 0.717) is 11.5 Å². The van der Waals surface area contributed by atoms with Gasteiger partial charge in [-0.25, -0.2) is 8.42 Å². The van der Waals surface area contributed by atoms with Crippen LogP contribution >= 0.6 is 0 Å². The fraction of sp³-hybridized carbons (Fsp3) is 0.130. The molecule has 0 spiro atoms. The Hall–Kier alpha value is -2.85. The Labute approximate surface area is 159 Å². The van der Waals surface area contributed by atoms with Crippen molar-refractivity contribution >= 4 is 21.0 Å². The lowest BCUT2D eigenvalue weighted by Gasteiger charge is -2.15. The summed E-state index contributed by atoms with van der Waals surface area (Å²) in [5, 5.41) is 0. The first kappa shape index (κ1) is 17.6. The minimum Gasteiger partial charge on any atom is -0.488 e. The summed E-state index contributed by atoms with van der Waals surface area (Å²) in [5.74, 6) is 0.835. The standard InChI is InChI=1S/C23H20O3S/c1-16(17-9-7-10-19(14-17)27(2,24)25)23-20-11-4-3-8-18(20)15-26-22-13-6-5-12-21(22)23/h3-14H,15H2,1-2H3/b23-16+. The van der Waals surface area contributed by atoms with Gasteiger partial charge in [-0.05, 0) is 53.0 Å². The first-order chi connectivity index (χ1) is 12.9. The predicted molar refractivity (Wildman–Crippen MR) is 108 cm³/mol. The first-order valence-corrected chi connectivity index (χ1v) is 10.7. The van der Waals surface area contributed by atoms with Crippen LogP contribution in [0.25, 0.3) is 11.1 Å². The molecule has 0 aliphatic carbocycles. The summed E-state index contributed by atoms with van der Waals surface area (Å²) in [6.07, 6.45) is 1.23. The zero-order valence-corrected chi connectivity index (χ0v) is 16.1. The Bertz CT molecular complexity index is 1110. The molecule has 0 saturated heterocycles. The second-order valence-electron chi connectivity index (χ2n) is 6.74. The molecule has 0 N–H and O–H groups in total. The minimum atomic E-state index is -3.27. The molecule has 1 heterocycles. The first-order valence-electron chi connectivity index (χ1n) is 8.77. The molecular weight excluding hydrogens is 356 g/mol. The van der Waals surface area contributed by atoms with Gasteiger partial charge >= 0.3 is 0 Å². The number of sulfone groups is 1. The van der Waals surface area contributed by atoms with E-state index in [1.807, 2.05) is 43.3 Å². The van der Waals surface area contributed by atoms with Crippen molar-refractivity contribution in [1.29, 1.82) is 0 Å². The average molecular weight is 376 g/mol. The largest absolute Gasteiger partial charge is 0.488 e. The van der Waals surface area contributed by atoms with Crippen molar-refractivity contribution in [2.45, 2.75) is 18.4 Å². The summed E-state index contributed by atoms with van der Waals surface area (Å²) in [6, 6.07) is 23.3. The maximum Gasteiger partial charge on any atom is 0.175 e. The molecule has 0 aromatic heterocycles. The number of hydrogen-bond donors (Lipinski definition) is 0. The van der Waals surface area contributed by atoms with Gasteiger partial charge in [0.15, 0.2) is 9.84 Å². The van der Waals surface area contributed by atoms with Gasteiger partial charge in [0.1, 0.15) is 12.4 Å². The van der Waals surface area contributed by atoms with Crippen LogP contribution in [0.4, 0.5) is 0 Å². The zero-order chi connectivity index (χ0) is 19.0. The third-order valence-electron chi connectivity index (χ3n) is 4.90. The van der Waals surface area contributed by atoms with Crippen molar-refractivity contribution in [2.75, 3.05) is 6.26 Å². The summed E-state index contributed by atoms with van der Waals surface area (Å²) in [4.78, 5) is 0.325. The van der Waals surface area contributed by atoms with Gasteiger partial charge in [0.2, 0.25) is 0 Å². The van der Waals surface area contributed by atoms with Gasteiger partial charge in [-0.2, -0.15) is 0 Å². The summed E-state index contributed by atoms with van der Waals surface area (Å²) in [7, 11) is -3.27. The maximum absolute atomic E-state index is 12.0. The molecule has 0 amide bonds. The molecule has 0 unspecified atom stereocenters. The molecule has 3 aromatic carbocycles. The van der Waals surface area contributed by atoms with E-state index in [4.69, 9.17) is 4.74 Å². The number of para-hydroxylation sites is 1. The van der Waals surface area contributed by atoms with Crippen LogP contribution in [0.1, 0.15) is 29.2 Å². The topological polar surface area (TPSA) is 43.4 Å². The number of hydrogen-bond acceptors (Lipinski definition) is 3. The van der Waals surface area contributed by atoms with Crippen LogP contribution in [-0.4, -0.2) is 14.7 Å². The molecule has 1 aliphatic heterocycles. The number of rotatable bonds is 2. The van der Waals surface area contributed by atoms with Crippen molar-refractivity contribution in [2.24, 2.45) is 0 Å². The van der Waals surface area contributed by atoms with Crippen molar-refractivity contribution < 1.29 is 13.2 Å². The Morgan fingerprint density at radius 2 is 1.59 bits per heavy atom. The van der Waals surface area contributed by atoms with Crippen LogP contribution in [0.2, 0.25) is 0 Å². The summed E-state index contributed by atoms with van der Waals surface area (Å²) in [5.41, 5.74) is 6.23. The van der Waals surface area contributed by atoms with E-state index < -0.39 is 9.84 Å².